The Morgan fingerprint density at radius 3 is 2.68 bits per heavy atom. The van der Waals surface area contributed by atoms with E-state index in [1.807, 2.05) is 6.07 Å². The van der Waals surface area contributed by atoms with Gasteiger partial charge in [0, 0.05) is 12.6 Å². The van der Waals surface area contributed by atoms with Crippen molar-refractivity contribution in [2.45, 2.75) is 57.9 Å². The maximum atomic E-state index is 13.4. The lowest BCUT2D eigenvalue weighted by atomic mass is 9.91. The molecule has 1 aliphatic rings. The van der Waals surface area contributed by atoms with E-state index >= 15 is 0 Å². The van der Waals surface area contributed by atoms with Crippen LogP contribution in [0.25, 0.3) is 0 Å². The quantitative estimate of drug-likeness (QED) is 0.728. The largest absolute Gasteiger partial charge is 0.313 e. The fraction of sp³-hybridized carbons (Fsp3) is 0.647. The van der Waals surface area contributed by atoms with Gasteiger partial charge in [0.1, 0.15) is 5.82 Å². The average Bonchev–Trinajstić information content (AvgIpc) is 3.17. The highest BCUT2D eigenvalue weighted by Gasteiger charge is 2.22. The van der Waals surface area contributed by atoms with Crippen LogP contribution < -0.4 is 5.32 Å². The zero-order chi connectivity index (χ0) is 13.7. The molecular weight excluding hydrogens is 237 g/mol. The molecule has 1 fully saturated rings. The zero-order valence-corrected chi connectivity index (χ0v) is 12.2. The molecule has 1 aliphatic carbocycles. The van der Waals surface area contributed by atoms with E-state index in [1.54, 1.807) is 6.07 Å². The molecule has 2 rings (SSSR count). The van der Waals surface area contributed by atoms with E-state index in [0.29, 0.717) is 5.92 Å². The Morgan fingerprint density at radius 1 is 1.26 bits per heavy atom. The molecule has 0 aliphatic heterocycles. The maximum Gasteiger partial charge on any atom is 0.123 e. The number of hydrogen-bond donors (Lipinski definition) is 1. The molecule has 1 N–H and O–H groups in total. The molecule has 0 radical (unpaired) electrons. The Labute approximate surface area is 116 Å². The normalized spacial score (nSPS) is 16.8. The van der Waals surface area contributed by atoms with Gasteiger partial charge in [0.25, 0.3) is 0 Å². The summed E-state index contributed by atoms with van der Waals surface area (Å²) < 4.78 is 13.4. The summed E-state index contributed by atoms with van der Waals surface area (Å²) in [6.07, 6.45) is 6.26. The molecule has 106 valence electrons. The molecule has 0 spiro atoms. The summed E-state index contributed by atoms with van der Waals surface area (Å²) in [5.41, 5.74) is 1.15. The van der Waals surface area contributed by atoms with Crippen LogP contribution in [0.1, 0.15) is 57.4 Å². The summed E-state index contributed by atoms with van der Waals surface area (Å²) in [6.45, 7) is 5.52. The SMILES string of the molecule is CC(C)CCCC(CNC1CC1)c1cccc(F)c1. The van der Waals surface area contributed by atoms with Gasteiger partial charge < -0.3 is 5.32 Å². The van der Waals surface area contributed by atoms with Crippen molar-refractivity contribution in [3.63, 3.8) is 0 Å². The summed E-state index contributed by atoms with van der Waals surface area (Å²) in [7, 11) is 0. The number of nitrogens with one attached hydrogen (secondary N) is 1. The van der Waals surface area contributed by atoms with Crippen molar-refractivity contribution < 1.29 is 4.39 Å². The zero-order valence-electron chi connectivity index (χ0n) is 12.2. The third-order valence-corrected chi connectivity index (χ3v) is 3.88. The first-order valence-corrected chi connectivity index (χ1v) is 7.64. The lowest BCUT2D eigenvalue weighted by molar-refractivity contribution is 0.477. The van der Waals surface area contributed by atoms with Gasteiger partial charge in [-0.25, -0.2) is 4.39 Å². The summed E-state index contributed by atoms with van der Waals surface area (Å²) in [4.78, 5) is 0. The molecule has 0 amide bonds. The second-order valence-electron chi connectivity index (χ2n) is 6.26. The monoisotopic (exact) mass is 263 g/mol. The topological polar surface area (TPSA) is 12.0 Å². The van der Waals surface area contributed by atoms with E-state index in [1.165, 1.54) is 31.7 Å². The van der Waals surface area contributed by atoms with Gasteiger partial charge in [0.2, 0.25) is 0 Å². The second kappa shape index (κ2) is 7.04. The Bertz CT molecular complexity index is 385. The van der Waals surface area contributed by atoms with Crippen molar-refractivity contribution >= 4 is 0 Å². The van der Waals surface area contributed by atoms with E-state index in [9.17, 15) is 4.39 Å². The first kappa shape index (κ1) is 14.5. The molecule has 0 saturated heterocycles. The highest BCUT2D eigenvalue weighted by Crippen LogP contribution is 2.26. The van der Waals surface area contributed by atoms with Gasteiger partial charge in [-0.15, -0.1) is 0 Å². The van der Waals surface area contributed by atoms with Crippen LogP contribution in [0.5, 0.6) is 0 Å². The minimum absolute atomic E-state index is 0.113. The molecule has 1 nitrogen and oxygen atoms in total. The minimum atomic E-state index is -0.113. The Morgan fingerprint density at radius 2 is 2.05 bits per heavy atom. The van der Waals surface area contributed by atoms with Gasteiger partial charge in [-0.05, 0) is 48.8 Å². The Hall–Kier alpha value is -0.890. The lowest BCUT2D eigenvalue weighted by Gasteiger charge is -2.19. The standard InChI is InChI=1S/C17H26FN/c1-13(2)5-3-7-15(12-19-17-9-10-17)14-6-4-8-16(18)11-14/h4,6,8,11,13,15,17,19H,3,5,7,9-10,12H2,1-2H3. The van der Waals surface area contributed by atoms with Crippen molar-refractivity contribution in [3.05, 3.63) is 35.6 Å². The highest BCUT2D eigenvalue weighted by atomic mass is 19.1. The van der Waals surface area contributed by atoms with E-state index < -0.39 is 0 Å². The molecule has 0 bridgehead atoms. The van der Waals surface area contributed by atoms with Crippen molar-refractivity contribution in [3.8, 4) is 0 Å². The lowest BCUT2D eigenvalue weighted by Crippen LogP contribution is -2.23. The first-order chi connectivity index (χ1) is 9.15. The van der Waals surface area contributed by atoms with Crippen LogP contribution in [0.15, 0.2) is 24.3 Å². The number of halogens is 1. The maximum absolute atomic E-state index is 13.4. The van der Waals surface area contributed by atoms with Crippen molar-refractivity contribution in [1.29, 1.82) is 0 Å². The third-order valence-electron chi connectivity index (χ3n) is 3.88. The number of benzene rings is 1. The van der Waals surface area contributed by atoms with Crippen LogP contribution in [0.3, 0.4) is 0 Å². The molecule has 1 saturated carbocycles. The second-order valence-corrected chi connectivity index (χ2v) is 6.26. The summed E-state index contributed by atoms with van der Waals surface area (Å²) in [5, 5.41) is 3.59. The molecule has 2 heteroatoms. The van der Waals surface area contributed by atoms with Crippen LogP contribution in [0.2, 0.25) is 0 Å². The highest BCUT2D eigenvalue weighted by molar-refractivity contribution is 5.21. The minimum Gasteiger partial charge on any atom is -0.313 e. The summed E-state index contributed by atoms with van der Waals surface area (Å²) in [6, 6.07) is 7.85. The van der Waals surface area contributed by atoms with Crippen molar-refractivity contribution in [2.75, 3.05) is 6.54 Å². The van der Waals surface area contributed by atoms with Crippen LogP contribution >= 0.6 is 0 Å². The van der Waals surface area contributed by atoms with Crippen molar-refractivity contribution in [1.82, 2.24) is 5.32 Å². The van der Waals surface area contributed by atoms with E-state index in [2.05, 4.69) is 25.2 Å². The molecule has 19 heavy (non-hydrogen) atoms. The van der Waals surface area contributed by atoms with Crippen LogP contribution in [0.4, 0.5) is 4.39 Å². The smallest absolute Gasteiger partial charge is 0.123 e. The molecule has 1 atom stereocenters. The summed E-state index contributed by atoms with van der Waals surface area (Å²) in [5.74, 6) is 1.09. The van der Waals surface area contributed by atoms with Crippen molar-refractivity contribution in [2.24, 2.45) is 5.92 Å². The molecule has 0 heterocycles. The van der Waals surface area contributed by atoms with Gasteiger partial charge in [0.05, 0.1) is 0 Å². The first-order valence-electron chi connectivity index (χ1n) is 7.64. The molecular formula is C17H26FN. The van der Waals surface area contributed by atoms with Gasteiger partial charge in [-0.2, -0.15) is 0 Å². The summed E-state index contributed by atoms with van der Waals surface area (Å²) >= 11 is 0. The van der Waals surface area contributed by atoms with Crippen LogP contribution in [-0.2, 0) is 0 Å². The molecule has 1 aromatic rings. The van der Waals surface area contributed by atoms with Gasteiger partial charge in [-0.1, -0.05) is 38.8 Å². The fourth-order valence-electron chi connectivity index (χ4n) is 2.52. The number of rotatable bonds is 8. The van der Waals surface area contributed by atoms with Crippen LogP contribution in [0, 0.1) is 11.7 Å². The molecule has 1 aromatic carbocycles. The van der Waals surface area contributed by atoms with E-state index in [0.717, 1.165) is 30.5 Å². The fourth-order valence-corrected chi connectivity index (χ4v) is 2.52. The third kappa shape index (κ3) is 5.32. The average molecular weight is 263 g/mol. The van der Waals surface area contributed by atoms with Gasteiger partial charge in [-0.3, -0.25) is 0 Å². The predicted octanol–water partition coefficient (Wildman–Crippen LogP) is 4.49. The molecule has 1 unspecified atom stereocenters. The Kier molecular flexibility index (Phi) is 5.38. The predicted molar refractivity (Wildman–Crippen MR) is 78.9 cm³/mol. The van der Waals surface area contributed by atoms with Gasteiger partial charge >= 0.3 is 0 Å². The van der Waals surface area contributed by atoms with E-state index in [-0.39, 0.29) is 5.82 Å². The molecule has 0 aromatic heterocycles. The number of hydrogen-bond acceptors (Lipinski definition) is 1. The van der Waals surface area contributed by atoms with E-state index in [4.69, 9.17) is 0 Å². The van der Waals surface area contributed by atoms with Crippen LogP contribution in [-0.4, -0.2) is 12.6 Å². The Balaban J connectivity index is 1.91. The van der Waals surface area contributed by atoms with Gasteiger partial charge in [0.15, 0.2) is 0 Å².